The number of para-hydroxylation sites is 1. The second kappa shape index (κ2) is 8.38. The van der Waals surface area contributed by atoms with Crippen molar-refractivity contribution in [3.63, 3.8) is 0 Å². The molecule has 2 aliphatic rings. The molecule has 1 fully saturated rings. The first-order valence-corrected chi connectivity index (χ1v) is 11.6. The fraction of sp³-hybridized carbons (Fsp3) is 0.286. The highest BCUT2D eigenvalue weighted by Crippen LogP contribution is 2.25. The van der Waals surface area contributed by atoms with Crippen LogP contribution in [-0.2, 0) is 19.6 Å². The number of anilines is 3. The summed E-state index contributed by atoms with van der Waals surface area (Å²) in [7, 11) is -3.26. The third kappa shape index (κ3) is 4.53. The van der Waals surface area contributed by atoms with E-state index in [0.29, 0.717) is 35.6 Å². The molecule has 1 atom stereocenters. The van der Waals surface area contributed by atoms with Crippen molar-refractivity contribution in [2.45, 2.75) is 25.3 Å². The molecular formula is C21H22N4O5S. The summed E-state index contributed by atoms with van der Waals surface area (Å²) in [6, 6.07) is 12.5. The molecule has 0 unspecified atom stereocenters. The van der Waals surface area contributed by atoms with Crippen molar-refractivity contribution in [1.29, 1.82) is 0 Å². The molecular weight excluding hydrogens is 420 g/mol. The molecule has 2 aromatic carbocycles. The Bertz CT molecular complexity index is 1130. The van der Waals surface area contributed by atoms with E-state index in [4.69, 9.17) is 0 Å². The van der Waals surface area contributed by atoms with E-state index >= 15 is 0 Å². The van der Waals surface area contributed by atoms with Crippen molar-refractivity contribution in [1.82, 2.24) is 5.32 Å². The average Bonchev–Trinajstić information content (AvgIpc) is 3.04. The lowest BCUT2D eigenvalue weighted by atomic mass is 10.1. The topological polar surface area (TPSA) is 125 Å². The van der Waals surface area contributed by atoms with Crippen molar-refractivity contribution in [2.24, 2.45) is 0 Å². The third-order valence-electron chi connectivity index (χ3n) is 5.25. The minimum Gasteiger partial charge on any atom is -0.340 e. The molecule has 1 saturated heterocycles. The van der Waals surface area contributed by atoms with Crippen molar-refractivity contribution in [3.05, 3.63) is 54.1 Å². The summed E-state index contributed by atoms with van der Waals surface area (Å²) in [6.45, 7) is 0.451. The number of hydrogen-bond acceptors (Lipinski definition) is 5. The molecule has 0 aromatic heterocycles. The Kier molecular flexibility index (Phi) is 5.64. The summed E-state index contributed by atoms with van der Waals surface area (Å²) in [4.78, 5) is 37.1. The van der Waals surface area contributed by atoms with Crippen LogP contribution in [0.5, 0.6) is 0 Å². The van der Waals surface area contributed by atoms with Gasteiger partial charge < -0.3 is 16.0 Å². The van der Waals surface area contributed by atoms with E-state index in [9.17, 15) is 22.8 Å². The Morgan fingerprint density at radius 2 is 1.84 bits per heavy atom. The lowest BCUT2D eigenvalue weighted by Crippen LogP contribution is -2.41. The smallest absolute Gasteiger partial charge is 0.254 e. The molecule has 3 amide bonds. The van der Waals surface area contributed by atoms with E-state index in [0.717, 1.165) is 0 Å². The fourth-order valence-electron chi connectivity index (χ4n) is 3.65. The predicted octanol–water partition coefficient (Wildman–Crippen LogP) is 1.70. The number of amides is 3. The first kappa shape index (κ1) is 20.9. The van der Waals surface area contributed by atoms with Gasteiger partial charge in [0.15, 0.2) is 0 Å². The molecule has 2 aliphatic heterocycles. The van der Waals surface area contributed by atoms with Crippen LogP contribution in [0, 0.1) is 0 Å². The summed E-state index contributed by atoms with van der Waals surface area (Å²) in [5.41, 5.74) is 1.90. The first-order chi connectivity index (χ1) is 14.8. The average molecular weight is 442 g/mol. The number of carbonyl (C=O) groups is 3. The maximum absolute atomic E-state index is 12.4. The van der Waals surface area contributed by atoms with Crippen molar-refractivity contribution in [2.75, 3.05) is 27.2 Å². The third-order valence-corrected chi connectivity index (χ3v) is 7.12. The summed E-state index contributed by atoms with van der Waals surface area (Å²) in [5.74, 6) is -0.915. The zero-order valence-corrected chi connectivity index (χ0v) is 17.4. The van der Waals surface area contributed by atoms with Gasteiger partial charge in [0.2, 0.25) is 21.8 Å². The van der Waals surface area contributed by atoms with Gasteiger partial charge in [-0.1, -0.05) is 12.1 Å². The molecule has 3 N–H and O–H groups in total. The normalized spacial score (nSPS) is 19.7. The maximum Gasteiger partial charge on any atom is 0.254 e. The Balaban J connectivity index is 1.33. The molecule has 2 heterocycles. The van der Waals surface area contributed by atoms with Gasteiger partial charge in [0.25, 0.3) is 5.91 Å². The molecule has 10 heteroatoms. The molecule has 0 bridgehead atoms. The van der Waals surface area contributed by atoms with E-state index < -0.39 is 16.1 Å². The van der Waals surface area contributed by atoms with Crippen LogP contribution in [-0.4, -0.2) is 44.5 Å². The van der Waals surface area contributed by atoms with Gasteiger partial charge in [-0.3, -0.25) is 18.7 Å². The molecule has 9 nitrogen and oxygen atoms in total. The lowest BCUT2D eigenvalue weighted by Gasteiger charge is -2.17. The van der Waals surface area contributed by atoms with Crippen LogP contribution < -0.4 is 20.3 Å². The van der Waals surface area contributed by atoms with E-state index in [1.807, 2.05) is 0 Å². The number of hydrogen-bond donors (Lipinski definition) is 3. The highest BCUT2D eigenvalue weighted by molar-refractivity contribution is 7.93. The zero-order valence-electron chi connectivity index (χ0n) is 16.6. The molecule has 162 valence electrons. The van der Waals surface area contributed by atoms with Gasteiger partial charge in [0.05, 0.1) is 22.7 Å². The number of benzene rings is 2. The van der Waals surface area contributed by atoms with E-state index in [1.54, 1.807) is 48.5 Å². The van der Waals surface area contributed by atoms with Crippen molar-refractivity contribution < 1.29 is 22.8 Å². The molecule has 0 spiro atoms. The van der Waals surface area contributed by atoms with Gasteiger partial charge in [0, 0.05) is 18.7 Å². The van der Waals surface area contributed by atoms with Crippen LogP contribution in [0.4, 0.5) is 17.1 Å². The Hall–Kier alpha value is -3.40. The van der Waals surface area contributed by atoms with E-state index in [-0.39, 0.29) is 36.3 Å². The van der Waals surface area contributed by atoms with Gasteiger partial charge in [-0.2, -0.15) is 0 Å². The van der Waals surface area contributed by atoms with Crippen LogP contribution in [0.3, 0.4) is 0 Å². The van der Waals surface area contributed by atoms with Gasteiger partial charge in [-0.15, -0.1) is 0 Å². The van der Waals surface area contributed by atoms with Crippen LogP contribution >= 0.6 is 0 Å². The number of nitrogens with zero attached hydrogens (tertiary/aromatic N) is 1. The standard InChI is InChI=1S/C21H22N4O5S/c26-19(22-14-6-8-15(9-7-14)25-12-3-13-31(25,29)30)11-10-18-21(28)23-17-5-2-1-4-16(17)20(27)24-18/h1-2,4-9,18H,3,10-13H2,(H,22,26)(H,23,28)(H,24,27)/t18-/m0/s1. The quantitative estimate of drug-likeness (QED) is 0.650. The first-order valence-electron chi connectivity index (χ1n) is 9.94. The monoisotopic (exact) mass is 442 g/mol. The maximum atomic E-state index is 12.4. The van der Waals surface area contributed by atoms with Crippen LogP contribution in [0.15, 0.2) is 48.5 Å². The second-order valence-corrected chi connectivity index (χ2v) is 9.45. The molecule has 0 radical (unpaired) electrons. The van der Waals surface area contributed by atoms with Crippen molar-refractivity contribution in [3.8, 4) is 0 Å². The van der Waals surface area contributed by atoms with E-state index in [2.05, 4.69) is 16.0 Å². The number of nitrogens with one attached hydrogen (secondary N) is 3. The summed E-state index contributed by atoms with van der Waals surface area (Å²) in [5, 5.41) is 8.09. The van der Waals surface area contributed by atoms with Crippen LogP contribution in [0.1, 0.15) is 29.6 Å². The minimum absolute atomic E-state index is 0.0248. The number of sulfonamides is 1. The predicted molar refractivity (Wildman–Crippen MR) is 116 cm³/mol. The Morgan fingerprint density at radius 1 is 1.10 bits per heavy atom. The summed E-state index contributed by atoms with van der Waals surface area (Å²) < 4.78 is 25.4. The van der Waals surface area contributed by atoms with Gasteiger partial charge in [-0.25, -0.2) is 8.42 Å². The second-order valence-electron chi connectivity index (χ2n) is 7.44. The number of carbonyl (C=O) groups excluding carboxylic acids is 3. The zero-order chi connectivity index (χ0) is 22.0. The van der Waals surface area contributed by atoms with Gasteiger partial charge in [-0.05, 0) is 49.2 Å². The lowest BCUT2D eigenvalue weighted by molar-refractivity contribution is -0.118. The number of fused-ring (bicyclic) bond motifs is 1. The van der Waals surface area contributed by atoms with Crippen LogP contribution in [0.25, 0.3) is 0 Å². The van der Waals surface area contributed by atoms with Gasteiger partial charge >= 0.3 is 0 Å². The highest BCUT2D eigenvalue weighted by atomic mass is 32.2. The molecule has 31 heavy (non-hydrogen) atoms. The highest BCUT2D eigenvalue weighted by Gasteiger charge is 2.29. The Morgan fingerprint density at radius 3 is 2.55 bits per heavy atom. The minimum atomic E-state index is -3.26. The van der Waals surface area contributed by atoms with E-state index in [1.165, 1.54) is 4.31 Å². The van der Waals surface area contributed by atoms with Crippen LogP contribution in [0.2, 0.25) is 0 Å². The molecule has 2 aromatic rings. The molecule has 4 rings (SSSR count). The SMILES string of the molecule is O=C(CC[C@@H]1NC(=O)c2ccccc2NC1=O)Nc1ccc(N2CCCS2(=O)=O)cc1. The fourth-order valence-corrected chi connectivity index (χ4v) is 5.22. The molecule has 0 saturated carbocycles. The molecule has 0 aliphatic carbocycles. The summed E-state index contributed by atoms with van der Waals surface area (Å²) in [6.07, 6.45) is 0.760. The Labute approximate surface area is 179 Å². The summed E-state index contributed by atoms with van der Waals surface area (Å²) >= 11 is 0. The van der Waals surface area contributed by atoms with Gasteiger partial charge in [0.1, 0.15) is 6.04 Å². The largest absolute Gasteiger partial charge is 0.340 e. The number of rotatable bonds is 5. The van der Waals surface area contributed by atoms with Crippen molar-refractivity contribution >= 4 is 44.8 Å².